The predicted octanol–water partition coefficient (Wildman–Crippen LogP) is 4.56. The highest BCUT2D eigenvalue weighted by molar-refractivity contribution is 7.95. The topological polar surface area (TPSA) is 109 Å². The molecule has 166 valence electrons. The molecule has 3 aromatic carbocycles. The van der Waals surface area contributed by atoms with Crippen LogP contribution >= 0.6 is 0 Å². The maximum atomic E-state index is 13.0. The Morgan fingerprint density at radius 1 is 0.875 bits per heavy atom. The number of hydrogen-bond donors (Lipinski definition) is 2. The van der Waals surface area contributed by atoms with E-state index in [0.29, 0.717) is 17.3 Å². The average molecular weight is 470 g/mol. The van der Waals surface area contributed by atoms with Gasteiger partial charge < -0.3 is 0 Å². The molecule has 9 heteroatoms. The lowest BCUT2D eigenvalue weighted by Gasteiger charge is -2.12. The molecule has 0 aliphatic heterocycles. The minimum atomic E-state index is -4.13. The van der Waals surface area contributed by atoms with Gasteiger partial charge in [-0.25, -0.2) is 16.8 Å². The highest BCUT2D eigenvalue weighted by Crippen LogP contribution is 2.31. The Hall–Kier alpha value is -3.17. The Kier molecular flexibility index (Phi) is 5.56. The minimum absolute atomic E-state index is 0.247. The molecule has 1 aromatic heterocycles. The highest BCUT2D eigenvalue weighted by atomic mass is 32.2. The van der Waals surface area contributed by atoms with Gasteiger partial charge in [0.05, 0.1) is 16.1 Å². The molecule has 7 nitrogen and oxygen atoms in total. The van der Waals surface area contributed by atoms with Crippen molar-refractivity contribution in [3.63, 3.8) is 0 Å². The van der Waals surface area contributed by atoms with Crippen LogP contribution in [0.25, 0.3) is 22.2 Å². The molecule has 0 bridgehead atoms. The molecule has 4 aromatic rings. The van der Waals surface area contributed by atoms with Crippen molar-refractivity contribution in [2.45, 2.75) is 29.6 Å². The van der Waals surface area contributed by atoms with E-state index in [0.717, 1.165) is 22.7 Å². The van der Waals surface area contributed by atoms with Gasteiger partial charge in [0.15, 0.2) is 9.84 Å². The van der Waals surface area contributed by atoms with Gasteiger partial charge in [0, 0.05) is 22.9 Å². The first-order valence-corrected chi connectivity index (χ1v) is 13.3. The Morgan fingerprint density at radius 2 is 1.59 bits per heavy atom. The predicted molar refractivity (Wildman–Crippen MR) is 126 cm³/mol. The summed E-state index contributed by atoms with van der Waals surface area (Å²) in [5.74, 6) is 0.359. The first-order chi connectivity index (χ1) is 15.1. The zero-order valence-corrected chi connectivity index (χ0v) is 19.5. The number of nitrogens with zero attached hydrogens (tertiary/aromatic N) is 1. The molecule has 0 atom stereocenters. The van der Waals surface area contributed by atoms with Crippen molar-refractivity contribution in [3.8, 4) is 11.3 Å². The number of aromatic nitrogens is 2. The summed E-state index contributed by atoms with van der Waals surface area (Å²) in [5, 5.41) is 8.16. The van der Waals surface area contributed by atoms with E-state index in [1.54, 1.807) is 18.2 Å². The van der Waals surface area contributed by atoms with Crippen LogP contribution in [0.4, 0.5) is 5.69 Å². The molecule has 0 spiro atoms. The number of nitrogens with one attached hydrogen (secondary N) is 2. The Morgan fingerprint density at radius 3 is 2.28 bits per heavy atom. The summed E-state index contributed by atoms with van der Waals surface area (Å²) >= 11 is 0. The molecular weight excluding hydrogens is 446 g/mol. The second-order valence-corrected chi connectivity index (χ2v) is 11.6. The third kappa shape index (κ3) is 4.26. The van der Waals surface area contributed by atoms with E-state index in [2.05, 4.69) is 40.9 Å². The number of H-pyrrole nitrogens is 1. The fraction of sp³-hybridized carbons (Fsp3) is 0.174. The van der Waals surface area contributed by atoms with E-state index in [-0.39, 0.29) is 9.79 Å². The van der Waals surface area contributed by atoms with E-state index in [9.17, 15) is 16.8 Å². The molecule has 0 aliphatic carbocycles. The van der Waals surface area contributed by atoms with E-state index in [4.69, 9.17) is 0 Å². The van der Waals surface area contributed by atoms with Crippen LogP contribution in [0.3, 0.4) is 0 Å². The Bertz CT molecular complexity index is 1520. The molecule has 4 rings (SSSR count). The van der Waals surface area contributed by atoms with Crippen molar-refractivity contribution < 1.29 is 16.8 Å². The number of sulfonamides is 1. The van der Waals surface area contributed by atoms with Gasteiger partial charge in [-0.2, -0.15) is 5.10 Å². The van der Waals surface area contributed by atoms with Crippen LogP contribution < -0.4 is 4.72 Å². The molecule has 0 saturated carbocycles. The third-order valence-corrected chi connectivity index (χ3v) is 7.90. The van der Waals surface area contributed by atoms with Crippen LogP contribution in [-0.2, 0) is 19.9 Å². The summed E-state index contributed by atoms with van der Waals surface area (Å²) in [7, 11) is -7.86. The molecule has 0 amide bonds. The lowest BCUT2D eigenvalue weighted by Crippen LogP contribution is -2.16. The number of aromatic amines is 1. The minimum Gasteiger partial charge on any atom is -0.280 e. The van der Waals surface area contributed by atoms with Crippen molar-refractivity contribution in [2.24, 2.45) is 0 Å². The molecule has 0 radical (unpaired) electrons. The quantitative estimate of drug-likeness (QED) is 0.430. The molecule has 32 heavy (non-hydrogen) atoms. The normalized spacial score (nSPS) is 12.4. The van der Waals surface area contributed by atoms with E-state index >= 15 is 0 Å². The molecule has 0 aliphatic rings. The third-order valence-electron chi connectivity index (χ3n) is 5.18. The maximum Gasteiger partial charge on any atom is 0.263 e. The lowest BCUT2D eigenvalue weighted by molar-refractivity contribution is 0.588. The highest BCUT2D eigenvalue weighted by Gasteiger charge is 2.24. The summed E-state index contributed by atoms with van der Waals surface area (Å²) in [6.45, 7) is 4.23. The molecule has 0 saturated heterocycles. The molecule has 0 unspecified atom stereocenters. The van der Waals surface area contributed by atoms with Crippen LogP contribution in [0.5, 0.6) is 0 Å². The fourth-order valence-corrected chi connectivity index (χ4v) is 6.21. The van der Waals surface area contributed by atoms with E-state index in [1.807, 2.05) is 12.1 Å². The Balaban J connectivity index is 1.76. The SMILES string of the molecule is CC(C)c1cccc(-c2n[nH]c3ccc(NS(=O)(=O)c4ccccc4S(C)(=O)=O)cc23)c1. The molecular formula is C23H23N3O4S2. The summed E-state index contributed by atoms with van der Waals surface area (Å²) in [4.78, 5) is -0.539. The van der Waals surface area contributed by atoms with Crippen LogP contribution in [-0.4, -0.2) is 33.3 Å². The van der Waals surface area contributed by atoms with Crippen LogP contribution in [0.15, 0.2) is 76.5 Å². The number of benzene rings is 3. The molecule has 1 heterocycles. The number of anilines is 1. The number of sulfone groups is 1. The van der Waals surface area contributed by atoms with Crippen LogP contribution in [0.2, 0.25) is 0 Å². The van der Waals surface area contributed by atoms with Crippen molar-refractivity contribution in [1.82, 2.24) is 10.2 Å². The van der Waals surface area contributed by atoms with E-state index in [1.165, 1.54) is 29.8 Å². The van der Waals surface area contributed by atoms with Gasteiger partial charge in [-0.15, -0.1) is 0 Å². The average Bonchev–Trinajstić information content (AvgIpc) is 3.16. The molecule has 2 N–H and O–H groups in total. The van der Waals surface area contributed by atoms with Gasteiger partial charge in [-0.05, 0) is 47.9 Å². The van der Waals surface area contributed by atoms with Gasteiger partial charge in [-0.3, -0.25) is 9.82 Å². The zero-order chi connectivity index (χ0) is 23.1. The second-order valence-electron chi connectivity index (χ2n) is 7.94. The van der Waals surface area contributed by atoms with E-state index < -0.39 is 19.9 Å². The van der Waals surface area contributed by atoms with Crippen molar-refractivity contribution in [2.75, 3.05) is 11.0 Å². The van der Waals surface area contributed by atoms with Crippen LogP contribution in [0, 0.1) is 0 Å². The standard InChI is InChI=1S/C23H23N3O4S2/c1-15(2)16-7-6-8-17(13-16)23-19-14-18(11-12-20(19)24-25-23)26-32(29,30)22-10-5-4-9-21(22)31(3,27)28/h4-15,26H,1-3H3,(H,24,25). The number of hydrogen-bond acceptors (Lipinski definition) is 5. The van der Waals surface area contributed by atoms with Crippen molar-refractivity contribution in [1.29, 1.82) is 0 Å². The lowest BCUT2D eigenvalue weighted by atomic mass is 9.98. The second kappa shape index (κ2) is 8.07. The van der Waals surface area contributed by atoms with Gasteiger partial charge >= 0.3 is 0 Å². The maximum absolute atomic E-state index is 13.0. The van der Waals surface area contributed by atoms with Crippen molar-refractivity contribution >= 4 is 36.5 Å². The van der Waals surface area contributed by atoms with Gasteiger partial charge in [0.25, 0.3) is 10.0 Å². The first-order valence-electron chi connectivity index (χ1n) is 9.96. The number of fused-ring (bicyclic) bond motifs is 1. The summed E-state index contributed by atoms with van der Waals surface area (Å²) in [6.07, 6.45) is 0.983. The summed E-state index contributed by atoms with van der Waals surface area (Å²) in [6, 6.07) is 18.6. The smallest absolute Gasteiger partial charge is 0.263 e. The largest absolute Gasteiger partial charge is 0.280 e. The summed E-state index contributed by atoms with van der Waals surface area (Å²) in [5.41, 5.74) is 3.87. The monoisotopic (exact) mass is 469 g/mol. The number of rotatable bonds is 6. The van der Waals surface area contributed by atoms with Gasteiger partial charge in [-0.1, -0.05) is 44.2 Å². The zero-order valence-electron chi connectivity index (χ0n) is 17.8. The van der Waals surface area contributed by atoms with Crippen LogP contribution in [0.1, 0.15) is 25.3 Å². The van der Waals surface area contributed by atoms with Gasteiger partial charge in [0.2, 0.25) is 0 Å². The fourth-order valence-electron chi connectivity index (χ4n) is 3.53. The van der Waals surface area contributed by atoms with Crippen molar-refractivity contribution in [3.05, 3.63) is 72.3 Å². The van der Waals surface area contributed by atoms with Gasteiger partial charge in [0.1, 0.15) is 4.90 Å². The first kappa shape index (κ1) is 22.0. The molecule has 0 fully saturated rings. The Labute approximate surface area is 187 Å². The summed E-state index contributed by atoms with van der Waals surface area (Å²) < 4.78 is 52.7.